The average Bonchev–Trinajstić information content (AvgIpc) is 2.17. The molecule has 0 saturated carbocycles. The summed E-state index contributed by atoms with van der Waals surface area (Å²) in [6.07, 6.45) is 1.19. The molecule has 1 rings (SSSR count). The minimum Gasteiger partial charge on any atom is -0.298 e. The van der Waals surface area contributed by atoms with Crippen molar-refractivity contribution in [3.63, 3.8) is 0 Å². The van der Waals surface area contributed by atoms with Crippen molar-refractivity contribution in [1.82, 2.24) is 0 Å². The number of halogens is 1. The molecular formula is C9H4INO2. The van der Waals surface area contributed by atoms with Gasteiger partial charge in [-0.2, -0.15) is 5.26 Å². The molecule has 3 nitrogen and oxygen atoms in total. The van der Waals surface area contributed by atoms with Crippen LogP contribution in [-0.2, 0) is 0 Å². The highest BCUT2D eigenvalue weighted by atomic mass is 127. The van der Waals surface area contributed by atoms with Gasteiger partial charge in [-0.3, -0.25) is 9.59 Å². The Balaban J connectivity index is 3.51. The molecule has 0 aromatic heterocycles. The van der Waals surface area contributed by atoms with E-state index in [0.29, 0.717) is 27.3 Å². The van der Waals surface area contributed by atoms with Crippen molar-refractivity contribution >= 4 is 35.2 Å². The monoisotopic (exact) mass is 285 g/mol. The van der Waals surface area contributed by atoms with Crippen molar-refractivity contribution in [2.45, 2.75) is 0 Å². The standard InChI is InChI=1S/C9H4INO2/c10-9-6(3-11)1-2-7(4-12)8(9)5-13/h1-2,4-5H. The van der Waals surface area contributed by atoms with Crippen molar-refractivity contribution < 1.29 is 9.59 Å². The second kappa shape index (κ2) is 4.14. The first-order valence-electron chi connectivity index (χ1n) is 3.37. The number of nitrogens with zero attached hydrogens (tertiary/aromatic N) is 1. The topological polar surface area (TPSA) is 57.9 Å². The van der Waals surface area contributed by atoms with Crippen molar-refractivity contribution in [1.29, 1.82) is 5.26 Å². The van der Waals surface area contributed by atoms with Crippen molar-refractivity contribution in [3.8, 4) is 6.07 Å². The summed E-state index contributed by atoms with van der Waals surface area (Å²) >= 11 is 1.88. The van der Waals surface area contributed by atoms with Crippen LogP contribution in [0.2, 0.25) is 0 Å². The van der Waals surface area contributed by atoms with Crippen LogP contribution in [0.5, 0.6) is 0 Å². The van der Waals surface area contributed by atoms with Crippen molar-refractivity contribution in [2.24, 2.45) is 0 Å². The Morgan fingerprint density at radius 3 is 2.46 bits per heavy atom. The zero-order chi connectivity index (χ0) is 9.84. The highest BCUT2D eigenvalue weighted by Gasteiger charge is 2.09. The van der Waals surface area contributed by atoms with Gasteiger partial charge in [-0.15, -0.1) is 0 Å². The summed E-state index contributed by atoms with van der Waals surface area (Å²) in [5, 5.41) is 8.64. The van der Waals surface area contributed by atoms with Gasteiger partial charge in [-0.05, 0) is 34.7 Å². The van der Waals surface area contributed by atoms with Crippen LogP contribution in [0.3, 0.4) is 0 Å². The number of carbonyl (C=O) groups is 2. The summed E-state index contributed by atoms with van der Waals surface area (Å²) in [7, 11) is 0. The summed E-state index contributed by atoms with van der Waals surface area (Å²) in [5.41, 5.74) is 1.02. The van der Waals surface area contributed by atoms with E-state index >= 15 is 0 Å². The summed E-state index contributed by atoms with van der Waals surface area (Å²) in [5.74, 6) is 0. The Morgan fingerprint density at radius 2 is 2.00 bits per heavy atom. The Hall–Kier alpha value is -1.22. The number of hydrogen-bond acceptors (Lipinski definition) is 3. The molecule has 0 fully saturated rings. The number of benzene rings is 1. The normalized spacial score (nSPS) is 8.92. The second-order valence-corrected chi connectivity index (χ2v) is 3.36. The molecule has 0 aliphatic rings. The quantitative estimate of drug-likeness (QED) is 0.615. The van der Waals surface area contributed by atoms with Gasteiger partial charge in [0.1, 0.15) is 6.07 Å². The van der Waals surface area contributed by atoms with Crippen LogP contribution in [0.15, 0.2) is 12.1 Å². The lowest BCUT2D eigenvalue weighted by molar-refractivity contribution is 0.109. The van der Waals surface area contributed by atoms with Gasteiger partial charge in [-0.25, -0.2) is 0 Å². The molecular weight excluding hydrogens is 281 g/mol. The minimum atomic E-state index is 0.287. The molecule has 0 saturated heterocycles. The molecule has 13 heavy (non-hydrogen) atoms. The largest absolute Gasteiger partial charge is 0.298 e. The fourth-order valence-corrected chi connectivity index (χ4v) is 1.66. The number of carbonyl (C=O) groups excluding carboxylic acids is 2. The lowest BCUT2D eigenvalue weighted by atomic mass is 10.1. The van der Waals surface area contributed by atoms with Crippen LogP contribution >= 0.6 is 22.6 Å². The van der Waals surface area contributed by atoms with E-state index in [1.807, 2.05) is 28.7 Å². The Morgan fingerprint density at radius 1 is 1.31 bits per heavy atom. The van der Waals surface area contributed by atoms with Gasteiger partial charge in [0.05, 0.1) is 5.56 Å². The van der Waals surface area contributed by atoms with Crippen molar-refractivity contribution in [3.05, 3.63) is 32.4 Å². The first-order chi connectivity index (χ1) is 6.24. The average molecular weight is 285 g/mol. The van der Waals surface area contributed by atoms with E-state index in [2.05, 4.69) is 0 Å². The van der Waals surface area contributed by atoms with Gasteiger partial charge < -0.3 is 0 Å². The molecule has 0 radical (unpaired) electrons. The molecule has 0 aliphatic carbocycles. The third-order valence-electron chi connectivity index (χ3n) is 1.58. The van der Waals surface area contributed by atoms with Gasteiger partial charge in [-0.1, -0.05) is 0 Å². The first kappa shape index (κ1) is 9.86. The zero-order valence-corrected chi connectivity index (χ0v) is 8.61. The molecule has 0 bridgehead atoms. The van der Waals surface area contributed by atoms with Crippen LogP contribution in [0, 0.1) is 14.9 Å². The summed E-state index contributed by atoms with van der Waals surface area (Å²) in [4.78, 5) is 21.1. The lowest BCUT2D eigenvalue weighted by Gasteiger charge is -2.01. The number of rotatable bonds is 2. The molecule has 1 aromatic rings. The smallest absolute Gasteiger partial charge is 0.151 e. The number of nitriles is 1. The SMILES string of the molecule is N#Cc1ccc(C=O)c(C=O)c1I. The third kappa shape index (κ3) is 1.75. The molecule has 0 atom stereocenters. The maximum Gasteiger partial charge on any atom is 0.151 e. The van der Waals surface area contributed by atoms with E-state index in [1.54, 1.807) is 0 Å². The van der Waals surface area contributed by atoms with Gasteiger partial charge in [0.2, 0.25) is 0 Å². The molecule has 0 N–H and O–H groups in total. The molecule has 4 heteroatoms. The Labute approximate surface area is 88.5 Å². The van der Waals surface area contributed by atoms with E-state index in [0.717, 1.165) is 0 Å². The molecule has 0 unspecified atom stereocenters. The van der Waals surface area contributed by atoms with E-state index in [1.165, 1.54) is 12.1 Å². The van der Waals surface area contributed by atoms with Gasteiger partial charge in [0.25, 0.3) is 0 Å². The Kier molecular flexibility index (Phi) is 3.14. The molecule has 0 amide bonds. The highest BCUT2D eigenvalue weighted by molar-refractivity contribution is 14.1. The third-order valence-corrected chi connectivity index (χ3v) is 2.74. The molecule has 0 heterocycles. The predicted molar refractivity (Wildman–Crippen MR) is 54.6 cm³/mol. The maximum absolute atomic E-state index is 10.6. The predicted octanol–water partition coefficient (Wildman–Crippen LogP) is 1.79. The lowest BCUT2D eigenvalue weighted by Crippen LogP contribution is -1.97. The minimum absolute atomic E-state index is 0.287. The fourth-order valence-electron chi connectivity index (χ4n) is 0.917. The molecule has 0 aliphatic heterocycles. The maximum atomic E-state index is 10.6. The molecule has 64 valence electrons. The zero-order valence-electron chi connectivity index (χ0n) is 6.45. The van der Waals surface area contributed by atoms with Gasteiger partial charge in [0, 0.05) is 14.7 Å². The number of hydrogen-bond donors (Lipinski definition) is 0. The van der Waals surface area contributed by atoms with E-state index in [-0.39, 0.29) is 5.56 Å². The van der Waals surface area contributed by atoms with Crippen LogP contribution in [0.4, 0.5) is 0 Å². The summed E-state index contributed by atoms with van der Waals surface area (Å²) in [6, 6.07) is 4.93. The first-order valence-corrected chi connectivity index (χ1v) is 4.45. The van der Waals surface area contributed by atoms with E-state index < -0.39 is 0 Å². The van der Waals surface area contributed by atoms with E-state index in [4.69, 9.17) is 5.26 Å². The number of aldehydes is 2. The van der Waals surface area contributed by atoms with Crippen LogP contribution in [-0.4, -0.2) is 12.6 Å². The summed E-state index contributed by atoms with van der Waals surface area (Å²) in [6.45, 7) is 0. The van der Waals surface area contributed by atoms with Gasteiger partial charge >= 0.3 is 0 Å². The van der Waals surface area contributed by atoms with Crippen LogP contribution in [0.1, 0.15) is 26.3 Å². The van der Waals surface area contributed by atoms with E-state index in [9.17, 15) is 9.59 Å². The Bertz CT molecular complexity index is 407. The van der Waals surface area contributed by atoms with Crippen LogP contribution < -0.4 is 0 Å². The fraction of sp³-hybridized carbons (Fsp3) is 0. The summed E-state index contributed by atoms with van der Waals surface area (Å²) < 4.78 is 0.528. The van der Waals surface area contributed by atoms with Crippen LogP contribution in [0.25, 0.3) is 0 Å². The van der Waals surface area contributed by atoms with Gasteiger partial charge in [0.15, 0.2) is 12.6 Å². The molecule has 1 aromatic carbocycles. The van der Waals surface area contributed by atoms with Crippen molar-refractivity contribution in [2.75, 3.05) is 0 Å². The second-order valence-electron chi connectivity index (χ2n) is 2.28. The molecule has 0 spiro atoms. The highest BCUT2D eigenvalue weighted by Crippen LogP contribution is 2.18.